The molecule has 1 aliphatic heterocycles. The summed E-state index contributed by atoms with van der Waals surface area (Å²) in [6.45, 7) is 3.34. The minimum absolute atomic E-state index is 0.229. The minimum atomic E-state index is 0.229. The largest absolute Gasteiger partial charge is 0.303 e. The number of ketones is 1. The molecule has 2 aliphatic rings. The van der Waals surface area contributed by atoms with Gasteiger partial charge >= 0.3 is 0 Å². The number of carbonyl (C=O) groups excluding carboxylic acids is 1. The third kappa shape index (κ3) is 3.82. The number of benzene rings is 1. The molecule has 0 amide bonds. The van der Waals surface area contributed by atoms with Gasteiger partial charge in [-0.3, -0.25) is 4.79 Å². The molecule has 2 nitrogen and oxygen atoms in total. The first kappa shape index (κ1) is 14.5. The van der Waals surface area contributed by atoms with Crippen LogP contribution in [0.25, 0.3) is 6.08 Å². The normalized spacial score (nSPS) is 26.2. The lowest BCUT2D eigenvalue weighted by atomic mass is 9.83. The van der Waals surface area contributed by atoms with Gasteiger partial charge in [-0.05, 0) is 62.4 Å². The monoisotopic (exact) mass is 283 g/mol. The Kier molecular flexibility index (Phi) is 4.87. The highest BCUT2D eigenvalue weighted by atomic mass is 16.1. The van der Waals surface area contributed by atoms with Crippen LogP contribution in [-0.4, -0.2) is 30.3 Å². The van der Waals surface area contributed by atoms with Gasteiger partial charge in [0.25, 0.3) is 0 Å². The van der Waals surface area contributed by atoms with E-state index in [4.69, 9.17) is 0 Å². The van der Waals surface area contributed by atoms with Crippen molar-refractivity contribution in [3.8, 4) is 0 Å². The molecule has 21 heavy (non-hydrogen) atoms. The van der Waals surface area contributed by atoms with Gasteiger partial charge in [0, 0.05) is 12.5 Å². The van der Waals surface area contributed by atoms with Gasteiger partial charge in [0.05, 0.1) is 0 Å². The zero-order chi connectivity index (χ0) is 14.5. The Morgan fingerprint density at radius 3 is 2.57 bits per heavy atom. The second kappa shape index (κ2) is 7.04. The van der Waals surface area contributed by atoms with Crippen LogP contribution in [-0.2, 0) is 4.79 Å². The molecular formula is C19H25NO. The van der Waals surface area contributed by atoms with Crippen LogP contribution in [0.4, 0.5) is 0 Å². The van der Waals surface area contributed by atoms with Crippen LogP contribution in [0.15, 0.2) is 35.9 Å². The topological polar surface area (TPSA) is 20.3 Å². The summed E-state index contributed by atoms with van der Waals surface area (Å²) in [4.78, 5) is 15.2. The number of piperidine rings is 1. The summed E-state index contributed by atoms with van der Waals surface area (Å²) in [5.74, 6) is 0.627. The summed E-state index contributed by atoms with van der Waals surface area (Å²) < 4.78 is 0. The molecular weight excluding hydrogens is 258 g/mol. The molecule has 0 bridgehead atoms. The smallest absolute Gasteiger partial charge is 0.163 e. The molecule has 0 spiro atoms. The summed E-state index contributed by atoms with van der Waals surface area (Å²) in [5.41, 5.74) is 2.19. The molecule has 1 aromatic rings. The quantitative estimate of drug-likeness (QED) is 0.784. The van der Waals surface area contributed by atoms with Gasteiger partial charge in [-0.15, -0.1) is 0 Å². The summed E-state index contributed by atoms with van der Waals surface area (Å²) in [7, 11) is 0. The van der Waals surface area contributed by atoms with Gasteiger partial charge in [-0.25, -0.2) is 0 Å². The maximum atomic E-state index is 12.7. The second-order valence-corrected chi connectivity index (χ2v) is 6.39. The van der Waals surface area contributed by atoms with Crippen molar-refractivity contribution in [3.63, 3.8) is 0 Å². The van der Waals surface area contributed by atoms with Crippen LogP contribution in [0.2, 0.25) is 0 Å². The Labute approximate surface area is 127 Å². The van der Waals surface area contributed by atoms with E-state index in [-0.39, 0.29) is 5.92 Å². The zero-order valence-electron chi connectivity index (χ0n) is 12.8. The fourth-order valence-electron chi connectivity index (χ4n) is 3.58. The van der Waals surface area contributed by atoms with E-state index < -0.39 is 0 Å². The molecule has 0 aromatic heterocycles. The maximum Gasteiger partial charge on any atom is 0.163 e. The summed E-state index contributed by atoms with van der Waals surface area (Å²) in [6, 6.07) is 10.2. The third-order valence-electron chi connectivity index (χ3n) is 4.75. The molecule has 0 N–H and O–H groups in total. The average Bonchev–Trinajstić information content (AvgIpc) is 2.53. The Hall–Kier alpha value is -1.41. The molecule has 1 aliphatic carbocycles. The van der Waals surface area contributed by atoms with Crippen LogP contribution >= 0.6 is 0 Å². The van der Waals surface area contributed by atoms with Gasteiger partial charge < -0.3 is 4.90 Å². The Bertz CT molecular complexity index is 500. The highest BCUT2D eigenvalue weighted by Gasteiger charge is 2.28. The van der Waals surface area contributed by atoms with Crippen LogP contribution < -0.4 is 0 Å². The van der Waals surface area contributed by atoms with Gasteiger partial charge in [0.1, 0.15) is 0 Å². The maximum absolute atomic E-state index is 12.7. The Morgan fingerprint density at radius 2 is 1.81 bits per heavy atom. The number of nitrogens with zero attached hydrogens (tertiary/aromatic N) is 1. The number of likely N-dealkylation sites (tertiary alicyclic amines) is 1. The van der Waals surface area contributed by atoms with E-state index in [9.17, 15) is 4.79 Å². The molecule has 2 heteroatoms. The van der Waals surface area contributed by atoms with Crippen molar-refractivity contribution in [1.29, 1.82) is 0 Å². The number of rotatable bonds is 3. The molecule has 1 saturated carbocycles. The van der Waals surface area contributed by atoms with E-state index in [0.717, 1.165) is 36.9 Å². The lowest BCUT2D eigenvalue weighted by Crippen LogP contribution is -2.38. The van der Waals surface area contributed by atoms with Crippen molar-refractivity contribution in [2.24, 2.45) is 5.92 Å². The number of hydrogen-bond acceptors (Lipinski definition) is 2. The highest BCUT2D eigenvalue weighted by Crippen LogP contribution is 2.28. The van der Waals surface area contributed by atoms with Crippen molar-refractivity contribution >= 4 is 11.9 Å². The fraction of sp³-hybridized carbons (Fsp3) is 0.526. The van der Waals surface area contributed by atoms with E-state index in [1.54, 1.807) is 0 Å². The molecule has 1 aromatic carbocycles. The molecule has 112 valence electrons. The van der Waals surface area contributed by atoms with Crippen molar-refractivity contribution in [3.05, 3.63) is 41.5 Å². The van der Waals surface area contributed by atoms with E-state index in [2.05, 4.69) is 23.1 Å². The molecule has 1 unspecified atom stereocenters. The predicted octanol–water partition coefficient (Wildman–Crippen LogP) is 3.93. The fourth-order valence-corrected chi connectivity index (χ4v) is 3.58. The number of Topliss-reactive ketones (excluding diaryl/α,β-unsaturated/α-hetero) is 1. The standard InChI is InChI=1S/C19H25NO/c21-19-17(14-16-8-3-1-4-9-16)10-7-11-18(19)15-20-12-5-2-6-13-20/h1,3-4,8-9,14,18H,2,5-7,10-13,15H2/b17-14-. The van der Waals surface area contributed by atoms with Crippen LogP contribution in [0.5, 0.6) is 0 Å². The Morgan fingerprint density at radius 1 is 1.05 bits per heavy atom. The Balaban J connectivity index is 1.67. The number of carbonyl (C=O) groups is 1. The van der Waals surface area contributed by atoms with E-state index in [1.165, 1.54) is 32.4 Å². The van der Waals surface area contributed by atoms with E-state index in [0.29, 0.717) is 5.78 Å². The molecule has 1 saturated heterocycles. The van der Waals surface area contributed by atoms with Gasteiger partial charge in [0.2, 0.25) is 0 Å². The molecule has 1 heterocycles. The average molecular weight is 283 g/mol. The molecule has 3 rings (SSSR count). The first-order chi connectivity index (χ1) is 10.3. The minimum Gasteiger partial charge on any atom is -0.303 e. The summed E-state index contributed by atoms with van der Waals surface area (Å²) in [5, 5.41) is 0. The van der Waals surface area contributed by atoms with Crippen LogP contribution in [0.1, 0.15) is 44.1 Å². The number of allylic oxidation sites excluding steroid dienone is 1. The molecule has 0 radical (unpaired) electrons. The molecule has 2 fully saturated rings. The first-order valence-electron chi connectivity index (χ1n) is 8.35. The van der Waals surface area contributed by atoms with E-state index in [1.807, 2.05) is 18.2 Å². The van der Waals surface area contributed by atoms with Crippen LogP contribution in [0.3, 0.4) is 0 Å². The lowest BCUT2D eigenvalue weighted by molar-refractivity contribution is -0.121. The highest BCUT2D eigenvalue weighted by molar-refractivity contribution is 6.01. The summed E-state index contributed by atoms with van der Waals surface area (Å²) in [6.07, 6.45) is 9.23. The lowest BCUT2D eigenvalue weighted by Gasteiger charge is -2.32. The first-order valence-corrected chi connectivity index (χ1v) is 8.35. The van der Waals surface area contributed by atoms with E-state index >= 15 is 0 Å². The van der Waals surface area contributed by atoms with Crippen LogP contribution in [0, 0.1) is 5.92 Å². The van der Waals surface area contributed by atoms with Gasteiger partial charge in [-0.2, -0.15) is 0 Å². The van der Waals surface area contributed by atoms with Gasteiger partial charge in [0.15, 0.2) is 5.78 Å². The zero-order valence-corrected chi connectivity index (χ0v) is 12.8. The predicted molar refractivity (Wildman–Crippen MR) is 87.1 cm³/mol. The van der Waals surface area contributed by atoms with Crippen molar-refractivity contribution in [1.82, 2.24) is 4.90 Å². The SMILES string of the molecule is O=C1/C(=C\c2ccccc2)CCCC1CN1CCCCC1. The number of hydrogen-bond donors (Lipinski definition) is 0. The summed E-state index contributed by atoms with van der Waals surface area (Å²) >= 11 is 0. The van der Waals surface area contributed by atoms with Crippen molar-refractivity contribution in [2.45, 2.75) is 38.5 Å². The van der Waals surface area contributed by atoms with Gasteiger partial charge in [-0.1, -0.05) is 36.8 Å². The van der Waals surface area contributed by atoms with Crippen molar-refractivity contribution in [2.75, 3.05) is 19.6 Å². The molecule has 1 atom stereocenters. The third-order valence-corrected chi connectivity index (χ3v) is 4.75. The second-order valence-electron chi connectivity index (χ2n) is 6.39. The van der Waals surface area contributed by atoms with Crippen molar-refractivity contribution < 1.29 is 4.79 Å².